The van der Waals surface area contributed by atoms with Crippen LogP contribution in [0.15, 0.2) is 36.4 Å². The largest absolute Gasteiger partial charge is 0.369 e. The zero-order chi connectivity index (χ0) is 21.0. The number of rotatable bonds is 5. The van der Waals surface area contributed by atoms with Gasteiger partial charge in [0.05, 0.1) is 16.6 Å². The molecule has 1 aliphatic rings. The Labute approximate surface area is 180 Å². The molecule has 2 N–H and O–H groups in total. The van der Waals surface area contributed by atoms with Crippen LogP contribution in [0.3, 0.4) is 0 Å². The van der Waals surface area contributed by atoms with Gasteiger partial charge in [-0.15, -0.1) is 0 Å². The normalized spacial score (nSPS) is 14.6. The lowest BCUT2D eigenvalue weighted by Gasteiger charge is -2.35. The molecular weight excluding hydrogens is 411 g/mol. The molecule has 0 bridgehead atoms. The van der Waals surface area contributed by atoms with Gasteiger partial charge in [-0.1, -0.05) is 23.2 Å². The van der Waals surface area contributed by atoms with E-state index >= 15 is 0 Å². The minimum atomic E-state index is -0.389. The van der Waals surface area contributed by atoms with Gasteiger partial charge < -0.3 is 20.4 Å². The lowest BCUT2D eigenvalue weighted by molar-refractivity contribution is -0.115. The van der Waals surface area contributed by atoms with Crippen LogP contribution in [0.5, 0.6) is 0 Å². The number of benzene rings is 2. The number of nitrogens with zero attached hydrogens (tertiary/aromatic N) is 2. The zero-order valence-electron chi connectivity index (χ0n) is 16.5. The standard InChI is InChI=1S/C21H24Cl2N4O2/c1-14-11-16(4-6-19(14)27-9-7-26(2)8-10-27)25-20(28)13-24-21(29)15-3-5-17(22)18(23)12-15/h3-6,11-12H,7-10,13H2,1-2H3,(H,24,29)(H,25,28). The Morgan fingerprint density at radius 3 is 2.38 bits per heavy atom. The number of nitrogens with one attached hydrogen (secondary N) is 2. The highest BCUT2D eigenvalue weighted by atomic mass is 35.5. The van der Waals surface area contributed by atoms with Gasteiger partial charge >= 0.3 is 0 Å². The van der Waals surface area contributed by atoms with Gasteiger partial charge in [0, 0.05) is 43.1 Å². The van der Waals surface area contributed by atoms with Gasteiger partial charge in [0.1, 0.15) is 0 Å². The van der Waals surface area contributed by atoms with E-state index in [1.807, 2.05) is 25.1 Å². The molecule has 6 nitrogen and oxygen atoms in total. The third-order valence-electron chi connectivity index (χ3n) is 4.92. The third-order valence-corrected chi connectivity index (χ3v) is 5.65. The van der Waals surface area contributed by atoms with E-state index < -0.39 is 0 Å². The molecule has 29 heavy (non-hydrogen) atoms. The predicted molar refractivity (Wildman–Crippen MR) is 118 cm³/mol. The Morgan fingerprint density at radius 1 is 1.00 bits per heavy atom. The lowest BCUT2D eigenvalue weighted by Crippen LogP contribution is -2.44. The predicted octanol–water partition coefficient (Wildman–Crippen LogP) is 3.42. The van der Waals surface area contributed by atoms with Crippen molar-refractivity contribution < 1.29 is 9.59 Å². The minimum absolute atomic E-state index is 0.141. The Hall–Kier alpha value is -2.28. The molecule has 1 aliphatic heterocycles. The van der Waals surface area contributed by atoms with Crippen molar-refractivity contribution in [2.45, 2.75) is 6.92 Å². The number of aryl methyl sites for hydroxylation is 1. The molecule has 3 rings (SSSR count). The number of piperazine rings is 1. The van der Waals surface area contributed by atoms with E-state index in [4.69, 9.17) is 23.2 Å². The van der Waals surface area contributed by atoms with E-state index in [1.54, 1.807) is 12.1 Å². The monoisotopic (exact) mass is 434 g/mol. The van der Waals surface area contributed by atoms with Crippen molar-refractivity contribution in [3.05, 3.63) is 57.6 Å². The molecule has 2 aromatic carbocycles. The fourth-order valence-corrected chi connectivity index (χ4v) is 3.54. The van der Waals surface area contributed by atoms with Crippen LogP contribution < -0.4 is 15.5 Å². The van der Waals surface area contributed by atoms with Crippen molar-refractivity contribution in [1.29, 1.82) is 0 Å². The highest BCUT2D eigenvalue weighted by Crippen LogP contribution is 2.25. The van der Waals surface area contributed by atoms with Crippen molar-refractivity contribution in [1.82, 2.24) is 10.2 Å². The molecule has 0 saturated carbocycles. The van der Waals surface area contributed by atoms with Crippen molar-refractivity contribution >= 4 is 46.4 Å². The summed E-state index contributed by atoms with van der Waals surface area (Å²) in [5.74, 6) is -0.689. The van der Waals surface area contributed by atoms with Gasteiger partial charge in [-0.05, 0) is 55.9 Å². The Morgan fingerprint density at radius 2 is 1.72 bits per heavy atom. The topological polar surface area (TPSA) is 64.7 Å². The van der Waals surface area contributed by atoms with Gasteiger partial charge in [0.2, 0.25) is 5.91 Å². The zero-order valence-corrected chi connectivity index (χ0v) is 18.0. The first kappa shape index (κ1) is 21.4. The van der Waals surface area contributed by atoms with Crippen LogP contribution in [0.4, 0.5) is 11.4 Å². The van der Waals surface area contributed by atoms with Crippen molar-refractivity contribution in [2.75, 3.05) is 50.0 Å². The Kier molecular flexibility index (Phi) is 7.00. The molecule has 0 aromatic heterocycles. The van der Waals surface area contributed by atoms with Gasteiger partial charge in [0.15, 0.2) is 0 Å². The van der Waals surface area contributed by atoms with Crippen LogP contribution in [-0.2, 0) is 4.79 Å². The quantitative estimate of drug-likeness (QED) is 0.756. The fourth-order valence-electron chi connectivity index (χ4n) is 3.24. The second kappa shape index (κ2) is 9.48. The summed E-state index contributed by atoms with van der Waals surface area (Å²) in [5, 5.41) is 6.06. The summed E-state index contributed by atoms with van der Waals surface area (Å²) < 4.78 is 0. The fraction of sp³-hybridized carbons (Fsp3) is 0.333. The van der Waals surface area contributed by atoms with Gasteiger partial charge in [0.25, 0.3) is 5.91 Å². The second-order valence-corrected chi connectivity index (χ2v) is 7.97. The number of likely N-dealkylation sites (N-methyl/N-ethyl adjacent to an activating group) is 1. The molecule has 2 aromatic rings. The Bertz CT molecular complexity index is 912. The van der Waals surface area contributed by atoms with Crippen LogP contribution in [0, 0.1) is 6.92 Å². The molecule has 1 saturated heterocycles. The number of carbonyl (C=O) groups excluding carboxylic acids is 2. The lowest BCUT2D eigenvalue weighted by atomic mass is 10.1. The smallest absolute Gasteiger partial charge is 0.251 e. The Balaban J connectivity index is 1.54. The number of hydrogen-bond donors (Lipinski definition) is 2. The van der Waals surface area contributed by atoms with E-state index in [2.05, 4.69) is 27.5 Å². The summed E-state index contributed by atoms with van der Waals surface area (Å²) in [7, 11) is 2.13. The molecule has 2 amide bonds. The van der Waals surface area contributed by atoms with E-state index in [0.717, 1.165) is 31.7 Å². The molecule has 8 heteroatoms. The highest BCUT2D eigenvalue weighted by molar-refractivity contribution is 6.42. The first-order chi connectivity index (χ1) is 13.8. The van der Waals surface area contributed by atoms with Crippen molar-refractivity contribution in [3.63, 3.8) is 0 Å². The maximum absolute atomic E-state index is 12.2. The molecule has 0 aliphatic carbocycles. The van der Waals surface area contributed by atoms with E-state index in [-0.39, 0.29) is 18.4 Å². The average Bonchev–Trinajstić information content (AvgIpc) is 2.69. The first-order valence-electron chi connectivity index (χ1n) is 9.41. The number of halogens is 2. The third kappa shape index (κ3) is 5.63. The van der Waals surface area contributed by atoms with Crippen LogP contribution in [0.1, 0.15) is 15.9 Å². The molecule has 154 valence electrons. The maximum atomic E-state index is 12.2. The van der Waals surface area contributed by atoms with Crippen LogP contribution in [0.2, 0.25) is 10.0 Å². The molecule has 0 unspecified atom stereocenters. The SMILES string of the molecule is Cc1cc(NC(=O)CNC(=O)c2ccc(Cl)c(Cl)c2)ccc1N1CCN(C)CC1. The van der Waals surface area contributed by atoms with Crippen molar-refractivity contribution in [2.24, 2.45) is 0 Å². The molecule has 1 heterocycles. The summed E-state index contributed by atoms with van der Waals surface area (Å²) in [6.45, 7) is 5.95. The number of amides is 2. The summed E-state index contributed by atoms with van der Waals surface area (Å²) in [6.07, 6.45) is 0. The summed E-state index contributed by atoms with van der Waals surface area (Å²) in [4.78, 5) is 29.0. The number of anilines is 2. The molecule has 0 radical (unpaired) electrons. The van der Waals surface area contributed by atoms with E-state index in [1.165, 1.54) is 11.8 Å². The van der Waals surface area contributed by atoms with Crippen LogP contribution >= 0.6 is 23.2 Å². The first-order valence-corrected chi connectivity index (χ1v) is 10.2. The van der Waals surface area contributed by atoms with E-state index in [0.29, 0.717) is 21.3 Å². The van der Waals surface area contributed by atoms with E-state index in [9.17, 15) is 9.59 Å². The molecular formula is C21H24Cl2N4O2. The number of carbonyl (C=O) groups is 2. The molecule has 1 fully saturated rings. The van der Waals surface area contributed by atoms with Gasteiger partial charge in [-0.3, -0.25) is 9.59 Å². The summed E-state index contributed by atoms with van der Waals surface area (Å²) in [6, 6.07) is 10.4. The van der Waals surface area contributed by atoms with Crippen LogP contribution in [-0.4, -0.2) is 56.5 Å². The highest BCUT2D eigenvalue weighted by Gasteiger charge is 2.16. The van der Waals surface area contributed by atoms with Crippen LogP contribution in [0.25, 0.3) is 0 Å². The second-order valence-electron chi connectivity index (χ2n) is 7.15. The van der Waals surface area contributed by atoms with Gasteiger partial charge in [-0.25, -0.2) is 0 Å². The van der Waals surface area contributed by atoms with Gasteiger partial charge in [-0.2, -0.15) is 0 Å². The molecule has 0 spiro atoms. The number of hydrogen-bond acceptors (Lipinski definition) is 4. The molecule has 0 atom stereocenters. The summed E-state index contributed by atoms with van der Waals surface area (Å²) in [5.41, 5.74) is 3.34. The maximum Gasteiger partial charge on any atom is 0.251 e. The summed E-state index contributed by atoms with van der Waals surface area (Å²) >= 11 is 11.8. The average molecular weight is 435 g/mol. The van der Waals surface area contributed by atoms with Crippen molar-refractivity contribution in [3.8, 4) is 0 Å². The minimum Gasteiger partial charge on any atom is -0.369 e.